The van der Waals surface area contributed by atoms with Crippen LogP contribution in [0.4, 0.5) is 18.9 Å². The lowest BCUT2D eigenvalue weighted by atomic mass is 10.2. The number of ether oxygens (including phenoxy) is 1. The summed E-state index contributed by atoms with van der Waals surface area (Å²) in [6, 6.07) is 10.7. The van der Waals surface area contributed by atoms with Gasteiger partial charge in [-0.3, -0.25) is 9.59 Å². The number of rotatable bonds is 6. The summed E-state index contributed by atoms with van der Waals surface area (Å²) in [5.41, 5.74) is 1.53. The number of benzene rings is 2. The van der Waals surface area contributed by atoms with Crippen LogP contribution in [0, 0.1) is 0 Å². The number of amides is 2. The van der Waals surface area contributed by atoms with Crippen LogP contribution in [-0.4, -0.2) is 24.6 Å². The molecular weight excluding hydrogens is 375 g/mol. The zero-order chi connectivity index (χ0) is 20.6. The maximum absolute atomic E-state index is 12.7. The fourth-order valence-electron chi connectivity index (χ4n) is 1.98. The first-order chi connectivity index (χ1) is 13.3. The fourth-order valence-corrected chi connectivity index (χ4v) is 1.98. The predicted octanol–water partition coefficient (Wildman–Crippen LogP) is 3.36. The van der Waals surface area contributed by atoms with E-state index in [1.54, 1.807) is 30.3 Å². The Bertz CT molecular complexity index is 878. The number of halogens is 3. The lowest BCUT2D eigenvalue weighted by molar-refractivity contribution is -0.137. The van der Waals surface area contributed by atoms with Gasteiger partial charge in [-0.05, 0) is 48.0 Å². The second kappa shape index (κ2) is 9.36. The van der Waals surface area contributed by atoms with Gasteiger partial charge in [0.05, 0.1) is 11.8 Å². The first kappa shape index (κ1) is 20.7. The Morgan fingerprint density at radius 1 is 1.11 bits per heavy atom. The van der Waals surface area contributed by atoms with E-state index < -0.39 is 23.6 Å². The maximum Gasteiger partial charge on any atom is 0.416 e. The van der Waals surface area contributed by atoms with Gasteiger partial charge >= 0.3 is 18.0 Å². The third-order valence-corrected chi connectivity index (χ3v) is 3.28. The SMILES string of the molecule is C=CCOc1ccc(C=NNC(=O)C(=O)Nc2cccc(C(F)(F)F)c2)cc1. The number of nitrogens with one attached hydrogen (secondary N) is 2. The van der Waals surface area contributed by atoms with Crippen LogP contribution in [0.2, 0.25) is 0 Å². The van der Waals surface area contributed by atoms with E-state index >= 15 is 0 Å². The Kier molecular flexibility index (Phi) is 6.91. The molecular formula is C19H16F3N3O3. The van der Waals surface area contributed by atoms with Crippen LogP contribution in [0.3, 0.4) is 0 Å². The van der Waals surface area contributed by atoms with E-state index in [1.807, 2.05) is 5.43 Å². The van der Waals surface area contributed by atoms with Crippen LogP contribution in [0.25, 0.3) is 0 Å². The van der Waals surface area contributed by atoms with Gasteiger partial charge in [0, 0.05) is 5.69 Å². The number of hydrogen-bond acceptors (Lipinski definition) is 4. The third kappa shape index (κ3) is 6.27. The number of alkyl halides is 3. The van der Waals surface area contributed by atoms with Gasteiger partial charge in [-0.1, -0.05) is 18.7 Å². The summed E-state index contributed by atoms with van der Waals surface area (Å²) in [5.74, 6) is -1.65. The molecule has 0 aliphatic carbocycles. The summed E-state index contributed by atoms with van der Waals surface area (Å²) >= 11 is 0. The van der Waals surface area contributed by atoms with Gasteiger partial charge in [0.2, 0.25) is 0 Å². The number of carbonyl (C=O) groups is 2. The monoisotopic (exact) mass is 391 g/mol. The van der Waals surface area contributed by atoms with Crippen LogP contribution in [0.1, 0.15) is 11.1 Å². The smallest absolute Gasteiger partial charge is 0.416 e. The van der Waals surface area contributed by atoms with Crippen LogP contribution in [-0.2, 0) is 15.8 Å². The number of hydrazone groups is 1. The maximum atomic E-state index is 12.7. The number of nitrogens with zero attached hydrogens (tertiary/aromatic N) is 1. The minimum atomic E-state index is -4.56. The molecule has 28 heavy (non-hydrogen) atoms. The molecule has 0 saturated carbocycles. The molecule has 0 radical (unpaired) electrons. The summed E-state index contributed by atoms with van der Waals surface area (Å²) in [5, 5.41) is 5.71. The highest BCUT2D eigenvalue weighted by atomic mass is 19.4. The van der Waals surface area contributed by atoms with Crippen molar-refractivity contribution in [2.24, 2.45) is 5.10 Å². The summed E-state index contributed by atoms with van der Waals surface area (Å²) in [4.78, 5) is 23.5. The average molecular weight is 391 g/mol. The Morgan fingerprint density at radius 3 is 2.46 bits per heavy atom. The minimum Gasteiger partial charge on any atom is -0.490 e. The van der Waals surface area contributed by atoms with Crippen molar-refractivity contribution in [3.8, 4) is 5.75 Å². The summed E-state index contributed by atoms with van der Waals surface area (Å²) < 4.78 is 43.3. The van der Waals surface area contributed by atoms with Gasteiger partial charge in [-0.2, -0.15) is 18.3 Å². The normalized spacial score (nSPS) is 11.1. The first-order valence-corrected chi connectivity index (χ1v) is 7.95. The molecule has 0 spiro atoms. The molecule has 2 amide bonds. The molecule has 2 aromatic carbocycles. The Morgan fingerprint density at radius 2 is 1.82 bits per heavy atom. The quantitative estimate of drug-likeness (QED) is 0.343. The first-order valence-electron chi connectivity index (χ1n) is 7.95. The average Bonchev–Trinajstić information content (AvgIpc) is 2.66. The fraction of sp³-hybridized carbons (Fsp3) is 0.105. The van der Waals surface area contributed by atoms with Gasteiger partial charge < -0.3 is 10.1 Å². The van der Waals surface area contributed by atoms with Crippen molar-refractivity contribution in [2.75, 3.05) is 11.9 Å². The number of carbonyl (C=O) groups excluding carboxylic acids is 2. The zero-order valence-electron chi connectivity index (χ0n) is 14.5. The molecule has 0 aliphatic rings. The molecule has 2 rings (SSSR count). The molecule has 2 N–H and O–H groups in total. The van der Waals surface area contributed by atoms with E-state index in [9.17, 15) is 22.8 Å². The van der Waals surface area contributed by atoms with Crippen molar-refractivity contribution in [2.45, 2.75) is 6.18 Å². The Labute approximate surface area is 158 Å². The summed E-state index contributed by atoms with van der Waals surface area (Å²) in [6.07, 6.45) is -1.65. The predicted molar refractivity (Wildman–Crippen MR) is 97.9 cm³/mol. The number of hydrogen-bond donors (Lipinski definition) is 2. The lowest BCUT2D eigenvalue weighted by Gasteiger charge is -2.09. The highest BCUT2D eigenvalue weighted by Crippen LogP contribution is 2.30. The number of anilines is 1. The molecule has 146 valence electrons. The van der Waals surface area contributed by atoms with Gasteiger partial charge in [-0.25, -0.2) is 5.43 Å². The van der Waals surface area contributed by atoms with Crippen molar-refractivity contribution in [1.29, 1.82) is 0 Å². The molecule has 0 bridgehead atoms. The molecule has 2 aromatic rings. The Balaban J connectivity index is 1.89. The van der Waals surface area contributed by atoms with Gasteiger partial charge in [0.15, 0.2) is 0 Å². The standard InChI is InChI=1S/C19H16F3N3O3/c1-2-10-28-16-8-6-13(7-9-16)12-23-25-18(27)17(26)24-15-5-3-4-14(11-15)19(20,21)22/h2-9,11-12H,1,10H2,(H,24,26)(H,25,27). The van der Waals surface area contributed by atoms with E-state index in [0.717, 1.165) is 18.2 Å². The molecule has 0 atom stereocenters. The van der Waals surface area contributed by atoms with Gasteiger partial charge in [-0.15, -0.1) is 0 Å². The van der Waals surface area contributed by atoms with Crippen molar-refractivity contribution >= 4 is 23.7 Å². The lowest BCUT2D eigenvalue weighted by Crippen LogP contribution is -2.32. The second-order valence-corrected chi connectivity index (χ2v) is 5.40. The van der Waals surface area contributed by atoms with E-state index in [4.69, 9.17) is 4.74 Å². The van der Waals surface area contributed by atoms with Crippen LogP contribution >= 0.6 is 0 Å². The highest BCUT2D eigenvalue weighted by Gasteiger charge is 2.30. The van der Waals surface area contributed by atoms with Crippen LogP contribution in [0.15, 0.2) is 66.3 Å². The highest BCUT2D eigenvalue weighted by molar-refractivity contribution is 6.39. The third-order valence-electron chi connectivity index (χ3n) is 3.28. The molecule has 0 unspecified atom stereocenters. The van der Waals surface area contributed by atoms with E-state index in [1.165, 1.54) is 12.3 Å². The molecule has 0 fully saturated rings. The van der Waals surface area contributed by atoms with E-state index in [2.05, 4.69) is 17.0 Å². The topological polar surface area (TPSA) is 79.8 Å². The molecule has 0 saturated heterocycles. The second-order valence-electron chi connectivity index (χ2n) is 5.40. The van der Waals surface area contributed by atoms with Gasteiger partial charge in [0.25, 0.3) is 0 Å². The van der Waals surface area contributed by atoms with E-state index in [0.29, 0.717) is 17.9 Å². The van der Waals surface area contributed by atoms with Crippen molar-refractivity contribution in [3.63, 3.8) is 0 Å². The van der Waals surface area contributed by atoms with Crippen LogP contribution < -0.4 is 15.5 Å². The molecule has 6 nitrogen and oxygen atoms in total. The van der Waals surface area contributed by atoms with Crippen molar-refractivity contribution < 1.29 is 27.5 Å². The van der Waals surface area contributed by atoms with Crippen LogP contribution in [0.5, 0.6) is 5.75 Å². The Hall–Kier alpha value is -3.62. The zero-order valence-corrected chi connectivity index (χ0v) is 14.5. The molecule has 0 aliphatic heterocycles. The minimum absolute atomic E-state index is 0.158. The molecule has 0 aromatic heterocycles. The molecule has 9 heteroatoms. The summed E-state index contributed by atoms with van der Waals surface area (Å²) in [6.45, 7) is 3.90. The van der Waals surface area contributed by atoms with E-state index in [-0.39, 0.29) is 5.69 Å². The van der Waals surface area contributed by atoms with Crippen molar-refractivity contribution in [1.82, 2.24) is 5.43 Å². The summed E-state index contributed by atoms with van der Waals surface area (Å²) in [7, 11) is 0. The molecule has 0 heterocycles. The van der Waals surface area contributed by atoms with Crippen molar-refractivity contribution in [3.05, 3.63) is 72.3 Å². The largest absolute Gasteiger partial charge is 0.490 e. The van der Waals surface area contributed by atoms with Gasteiger partial charge in [0.1, 0.15) is 12.4 Å².